The van der Waals surface area contributed by atoms with Gasteiger partial charge in [-0.15, -0.1) is 0 Å². The minimum absolute atomic E-state index is 0.0132. The molecule has 3 aliphatic rings. The van der Waals surface area contributed by atoms with E-state index in [1.54, 1.807) is 6.08 Å². The third-order valence-corrected chi connectivity index (χ3v) is 6.98. The third kappa shape index (κ3) is 5.68. The van der Waals surface area contributed by atoms with Gasteiger partial charge in [0.2, 0.25) is 6.29 Å². The number of quaternary nitrogens is 1. The topological polar surface area (TPSA) is 248 Å². The van der Waals surface area contributed by atoms with Crippen LogP contribution in [0.4, 0.5) is 5.69 Å². The van der Waals surface area contributed by atoms with Crippen LogP contribution in [0.25, 0.3) is 0 Å². The lowest BCUT2D eigenvalue weighted by molar-refractivity contribution is -0.838. The normalized spacial score (nSPS) is 33.1. The number of fused-ring (bicyclic) bond motifs is 1. The molecule has 1 fully saturated rings. The Bertz CT molecular complexity index is 1210. The second kappa shape index (κ2) is 11.2. The molecule has 0 bridgehead atoms. The van der Waals surface area contributed by atoms with Crippen molar-refractivity contribution < 1.29 is 69.6 Å². The Morgan fingerprint density at radius 3 is 2.38 bits per heavy atom. The average Bonchev–Trinajstić information content (AvgIpc) is 3.24. The van der Waals surface area contributed by atoms with Crippen molar-refractivity contribution in [1.82, 2.24) is 5.32 Å². The van der Waals surface area contributed by atoms with E-state index in [9.17, 15) is 55.2 Å². The van der Waals surface area contributed by atoms with Crippen LogP contribution in [0.1, 0.15) is 12.0 Å². The molecule has 3 aliphatic heterocycles. The van der Waals surface area contributed by atoms with Crippen molar-refractivity contribution in [3.63, 3.8) is 0 Å². The smallest absolute Gasteiger partial charge is 0.363 e. The number of ether oxygens (including phenoxy) is 2. The largest absolute Gasteiger partial charge is 0.504 e. The van der Waals surface area contributed by atoms with Crippen LogP contribution in [-0.4, -0.2) is 115 Å². The van der Waals surface area contributed by atoms with Crippen LogP contribution >= 0.6 is 0 Å². The quantitative estimate of drug-likeness (QED) is 0.140. The van der Waals surface area contributed by atoms with Crippen molar-refractivity contribution in [2.24, 2.45) is 0 Å². The highest BCUT2D eigenvalue weighted by Crippen LogP contribution is 2.36. The van der Waals surface area contributed by atoms with Crippen molar-refractivity contribution in [1.29, 1.82) is 0 Å². The van der Waals surface area contributed by atoms with Gasteiger partial charge in [0.25, 0.3) is 0 Å². The zero-order chi connectivity index (χ0) is 28.6. The summed E-state index contributed by atoms with van der Waals surface area (Å²) < 4.78 is 10.9. The van der Waals surface area contributed by atoms with Crippen LogP contribution in [0.15, 0.2) is 35.6 Å². The number of carboxylic acid groups (broad SMARTS) is 3. The Morgan fingerprint density at radius 2 is 1.77 bits per heavy atom. The van der Waals surface area contributed by atoms with Gasteiger partial charge in [0.15, 0.2) is 17.5 Å². The van der Waals surface area contributed by atoms with E-state index in [1.807, 2.05) is 0 Å². The van der Waals surface area contributed by atoms with Gasteiger partial charge in [0.1, 0.15) is 48.4 Å². The summed E-state index contributed by atoms with van der Waals surface area (Å²) in [5.74, 6) is -4.38. The van der Waals surface area contributed by atoms with Crippen LogP contribution in [0.5, 0.6) is 11.5 Å². The Labute approximate surface area is 220 Å². The summed E-state index contributed by atoms with van der Waals surface area (Å²) in [5, 5.41) is 81.1. The molecule has 1 unspecified atom stereocenters. The Balaban J connectivity index is 1.62. The Morgan fingerprint density at radius 1 is 1.05 bits per heavy atom. The number of aliphatic carboxylic acids is 3. The molecule has 15 heteroatoms. The monoisotopic (exact) mass is 553 g/mol. The molecule has 39 heavy (non-hydrogen) atoms. The Kier molecular flexibility index (Phi) is 8.10. The SMILES string of the molecule is O=C(O)C1=C/C(=C\C[NH+]2c3cc(O[C@@H]4O[C@H](CO)[C@@H](O)[C@H](O)[C@H]4O)c(O)cc3C[C@H]2C(=O)O)C[C@H](C(=O)O)N1. The first kappa shape index (κ1) is 28.3. The third-order valence-electron chi connectivity index (χ3n) is 6.98. The highest BCUT2D eigenvalue weighted by atomic mass is 16.7. The van der Waals surface area contributed by atoms with Gasteiger partial charge >= 0.3 is 17.9 Å². The minimum Gasteiger partial charge on any atom is -0.504 e. The fourth-order valence-electron chi connectivity index (χ4n) is 4.90. The molecule has 8 atom stereocenters. The molecule has 1 aromatic carbocycles. The van der Waals surface area contributed by atoms with Crippen molar-refractivity contribution in [2.45, 2.75) is 55.6 Å². The number of hydrogen-bond donors (Lipinski definition) is 10. The molecule has 0 saturated carbocycles. The first-order valence-electron chi connectivity index (χ1n) is 12.0. The number of aromatic hydroxyl groups is 1. The zero-order valence-corrected chi connectivity index (χ0v) is 20.3. The molecule has 0 radical (unpaired) electrons. The number of carboxylic acids is 3. The fourth-order valence-corrected chi connectivity index (χ4v) is 4.90. The maximum atomic E-state index is 12.0. The number of benzene rings is 1. The van der Waals surface area contributed by atoms with Crippen LogP contribution in [0, 0.1) is 0 Å². The molecule has 212 valence electrons. The number of hydrogen-bond acceptors (Lipinski definition) is 11. The molecule has 0 aliphatic carbocycles. The van der Waals surface area contributed by atoms with E-state index in [0.29, 0.717) is 21.7 Å². The zero-order valence-electron chi connectivity index (χ0n) is 20.3. The summed E-state index contributed by atoms with van der Waals surface area (Å²) >= 11 is 0. The first-order chi connectivity index (χ1) is 18.4. The number of aliphatic hydroxyl groups is 4. The number of phenolic OH excluding ortho intramolecular Hbond substituents is 1. The predicted molar refractivity (Wildman–Crippen MR) is 126 cm³/mol. The highest BCUT2D eigenvalue weighted by Gasteiger charge is 2.46. The number of rotatable bonds is 8. The van der Waals surface area contributed by atoms with Gasteiger partial charge in [-0.2, -0.15) is 0 Å². The van der Waals surface area contributed by atoms with Crippen molar-refractivity contribution in [3.05, 3.63) is 41.1 Å². The van der Waals surface area contributed by atoms with Gasteiger partial charge in [0, 0.05) is 24.5 Å². The van der Waals surface area contributed by atoms with Crippen LogP contribution in [-0.2, 0) is 25.5 Å². The second-order valence-corrected chi connectivity index (χ2v) is 9.50. The van der Waals surface area contributed by atoms with E-state index < -0.39 is 73.1 Å². The lowest BCUT2D eigenvalue weighted by Gasteiger charge is -2.39. The van der Waals surface area contributed by atoms with E-state index in [-0.39, 0.29) is 30.8 Å². The van der Waals surface area contributed by atoms with Gasteiger partial charge in [-0.05, 0) is 23.8 Å². The average molecular weight is 553 g/mol. The van der Waals surface area contributed by atoms with Crippen molar-refractivity contribution in [3.8, 4) is 11.5 Å². The van der Waals surface area contributed by atoms with E-state index in [4.69, 9.17) is 9.47 Å². The number of phenols is 1. The molecule has 10 N–H and O–H groups in total. The van der Waals surface area contributed by atoms with Crippen molar-refractivity contribution in [2.75, 3.05) is 13.2 Å². The lowest BCUT2D eigenvalue weighted by atomic mass is 9.99. The summed E-state index contributed by atoms with van der Waals surface area (Å²) in [7, 11) is 0. The summed E-state index contributed by atoms with van der Waals surface area (Å²) in [6.45, 7) is -0.677. The van der Waals surface area contributed by atoms with Gasteiger partial charge in [-0.1, -0.05) is 0 Å². The van der Waals surface area contributed by atoms with E-state index in [2.05, 4.69) is 5.32 Å². The second-order valence-electron chi connectivity index (χ2n) is 9.50. The van der Waals surface area contributed by atoms with Gasteiger partial charge in [-0.25, -0.2) is 14.4 Å². The number of aliphatic hydroxyl groups excluding tert-OH is 4. The van der Waals surface area contributed by atoms with Crippen LogP contribution < -0.4 is 15.0 Å². The minimum atomic E-state index is -1.74. The molecule has 4 rings (SSSR count). The van der Waals surface area contributed by atoms with Crippen molar-refractivity contribution >= 4 is 23.6 Å². The fraction of sp³-hybridized carbons (Fsp3) is 0.458. The van der Waals surface area contributed by atoms with E-state index in [0.717, 1.165) is 0 Å². The van der Waals surface area contributed by atoms with E-state index >= 15 is 0 Å². The number of nitrogens with one attached hydrogen (secondary N) is 2. The summed E-state index contributed by atoms with van der Waals surface area (Å²) in [6.07, 6.45) is -5.10. The first-order valence-corrected chi connectivity index (χ1v) is 12.0. The highest BCUT2D eigenvalue weighted by molar-refractivity contribution is 5.89. The van der Waals surface area contributed by atoms with Gasteiger partial charge in [-0.3, -0.25) is 4.90 Å². The van der Waals surface area contributed by atoms with Crippen LogP contribution in [0.3, 0.4) is 0 Å². The molecule has 0 aromatic heterocycles. The maximum absolute atomic E-state index is 12.0. The molecule has 1 saturated heterocycles. The summed E-state index contributed by atoms with van der Waals surface area (Å²) in [5.41, 5.74) is 0.944. The van der Waals surface area contributed by atoms with Gasteiger partial charge in [0.05, 0.1) is 6.61 Å². The molecule has 1 aromatic rings. The number of allylic oxidation sites excluding steroid dienone is 1. The van der Waals surface area contributed by atoms with Gasteiger partial charge < -0.3 is 55.6 Å². The molecular weight excluding hydrogens is 524 g/mol. The molecule has 0 spiro atoms. The Hall–Kier alpha value is -3.73. The summed E-state index contributed by atoms with van der Waals surface area (Å²) in [6, 6.07) is 0.444. The predicted octanol–water partition coefficient (Wildman–Crippen LogP) is -3.56. The standard InChI is InChI=1S/C24H28N2O13/c27-8-17-18(29)19(30)20(31)24(39-17)38-16-7-13-10(6-15(16)28)5-14(23(36)37)26(13)2-1-9-3-11(21(32)33)25-12(4-9)22(34)35/h1,3,6-7,12,14,17-20,24-25,27-31H,2,4-5,8H2,(H,32,33)(H,34,35)(H,36,37)/p+1/b9-1+/t12-,14+,17-,18-,19+,20-,24-/m1/s1. The van der Waals surface area contributed by atoms with E-state index in [1.165, 1.54) is 18.2 Å². The summed E-state index contributed by atoms with van der Waals surface area (Å²) in [4.78, 5) is 35.3. The molecule has 3 heterocycles. The molecular formula is C24H29N2O13+. The molecule has 15 nitrogen and oxygen atoms in total. The molecule has 0 amide bonds. The lowest BCUT2D eigenvalue weighted by Crippen LogP contribution is -3.11. The maximum Gasteiger partial charge on any atom is 0.363 e. The van der Waals surface area contributed by atoms with Crippen LogP contribution in [0.2, 0.25) is 0 Å². The number of carbonyl (C=O) groups is 3.